The van der Waals surface area contributed by atoms with Gasteiger partial charge in [0.15, 0.2) is 0 Å². The minimum Gasteiger partial charge on any atom is -0.430 e. The Hall–Kier alpha value is -1.52. The quantitative estimate of drug-likeness (QED) is 0.808. The summed E-state index contributed by atoms with van der Waals surface area (Å²) in [7, 11) is 1.56. The summed E-state index contributed by atoms with van der Waals surface area (Å²) in [5.74, 6) is 0.472. The average Bonchev–Trinajstić information content (AvgIpc) is 2.30. The van der Waals surface area contributed by atoms with Gasteiger partial charge in [-0.2, -0.15) is 4.99 Å². The van der Waals surface area contributed by atoms with Crippen molar-refractivity contribution in [2.45, 2.75) is 6.92 Å². The van der Waals surface area contributed by atoms with Crippen LogP contribution in [0.5, 0.6) is 0 Å². The number of hydrogen-bond donors (Lipinski definition) is 0. The Kier molecular flexibility index (Phi) is 3.59. The van der Waals surface area contributed by atoms with Crippen LogP contribution in [0, 0.1) is 6.92 Å². The maximum atomic E-state index is 11.6. The lowest BCUT2D eigenvalue weighted by Gasteiger charge is -2.02. The molecule has 0 bridgehead atoms. The summed E-state index contributed by atoms with van der Waals surface area (Å²) in [6, 6.07) is 6.43. The number of benzene rings is 1. The zero-order chi connectivity index (χ0) is 13.3. The van der Waals surface area contributed by atoms with Gasteiger partial charge in [0, 0.05) is 13.1 Å². The van der Waals surface area contributed by atoms with E-state index in [0.717, 1.165) is 0 Å². The van der Waals surface area contributed by atoms with E-state index in [1.807, 2.05) is 0 Å². The van der Waals surface area contributed by atoms with Crippen LogP contribution in [0.25, 0.3) is 0 Å². The summed E-state index contributed by atoms with van der Waals surface area (Å²) in [6.07, 6.45) is 0. The molecule has 0 spiro atoms. The molecule has 1 heterocycles. The van der Waals surface area contributed by atoms with Crippen LogP contribution in [-0.4, -0.2) is 4.57 Å². The van der Waals surface area contributed by atoms with Gasteiger partial charge in [-0.3, -0.25) is 9.36 Å². The second kappa shape index (κ2) is 5.00. The van der Waals surface area contributed by atoms with Crippen LogP contribution in [0.15, 0.2) is 38.5 Å². The molecule has 4 nitrogen and oxygen atoms in total. The van der Waals surface area contributed by atoms with E-state index in [0.29, 0.717) is 21.5 Å². The van der Waals surface area contributed by atoms with Gasteiger partial charge in [0.1, 0.15) is 11.4 Å². The van der Waals surface area contributed by atoms with E-state index in [1.165, 1.54) is 10.6 Å². The van der Waals surface area contributed by atoms with Crippen molar-refractivity contribution in [1.82, 2.24) is 4.57 Å². The Morgan fingerprint density at radius 2 is 1.89 bits per heavy atom. The van der Waals surface area contributed by atoms with Crippen molar-refractivity contribution < 1.29 is 4.42 Å². The van der Waals surface area contributed by atoms with Crippen molar-refractivity contribution in [3.8, 4) is 0 Å². The van der Waals surface area contributed by atoms with Crippen molar-refractivity contribution in [1.29, 1.82) is 0 Å². The van der Waals surface area contributed by atoms with Crippen LogP contribution in [-0.2, 0) is 7.05 Å². The topological polar surface area (TPSA) is 47.5 Å². The molecule has 2 rings (SSSR count). The van der Waals surface area contributed by atoms with Gasteiger partial charge in [-0.25, -0.2) is 0 Å². The summed E-state index contributed by atoms with van der Waals surface area (Å²) < 4.78 is 6.67. The molecule has 0 saturated heterocycles. The standard InChI is InChI=1S/C12H10Cl2N2O2/c1-7-6-10(17)16(2)12(18-7)15-11-8(13)4-3-5-9(11)14/h3-6H,1-2H3. The molecule has 94 valence electrons. The number of nitrogens with zero attached hydrogens (tertiary/aromatic N) is 2. The third-order valence-electron chi connectivity index (χ3n) is 2.34. The number of hydrogen-bond acceptors (Lipinski definition) is 3. The fourth-order valence-corrected chi connectivity index (χ4v) is 1.88. The van der Waals surface area contributed by atoms with E-state index >= 15 is 0 Å². The Bertz CT molecular complexity index is 696. The van der Waals surface area contributed by atoms with Gasteiger partial charge in [0.05, 0.1) is 10.0 Å². The predicted molar refractivity (Wildman–Crippen MR) is 70.4 cm³/mol. The first-order valence-corrected chi connectivity index (χ1v) is 5.91. The molecule has 0 aliphatic rings. The highest BCUT2D eigenvalue weighted by Crippen LogP contribution is 2.31. The van der Waals surface area contributed by atoms with Crippen molar-refractivity contribution in [3.63, 3.8) is 0 Å². The van der Waals surface area contributed by atoms with E-state index < -0.39 is 0 Å². The zero-order valence-electron chi connectivity index (χ0n) is 9.78. The smallest absolute Gasteiger partial charge is 0.304 e. The van der Waals surface area contributed by atoms with Gasteiger partial charge in [0.25, 0.3) is 5.56 Å². The van der Waals surface area contributed by atoms with Gasteiger partial charge in [-0.15, -0.1) is 0 Å². The van der Waals surface area contributed by atoms with Gasteiger partial charge in [-0.05, 0) is 19.1 Å². The summed E-state index contributed by atoms with van der Waals surface area (Å²) in [6.45, 7) is 1.68. The molecule has 0 N–H and O–H groups in total. The molecule has 0 aliphatic carbocycles. The van der Waals surface area contributed by atoms with Gasteiger partial charge in [-0.1, -0.05) is 29.3 Å². The molecule has 0 atom stereocenters. The Balaban J connectivity index is 2.76. The third kappa shape index (κ3) is 2.49. The number of aryl methyl sites for hydroxylation is 1. The van der Waals surface area contributed by atoms with Crippen LogP contribution < -0.4 is 11.2 Å². The minimum absolute atomic E-state index is 0.148. The second-order valence-corrected chi connectivity index (χ2v) is 4.53. The lowest BCUT2D eigenvalue weighted by Crippen LogP contribution is -2.30. The van der Waals surface area contributed by atoms with Crippen molar-refractivity contribution >= 4 is 28.9 Å². The molecule has 0 saturated carbocycles. The van der Waals surface area contributed by atoms with Crippen LogP contribution in [0.1, 0.15) is 5.76 Å². The molecule has 2 aromatic rings. The molecular weight excluding hydrogens is 275 g/mol. The maximum Gasteiger partial charge on any atom is 0.304 e. The van der Waals surface area contributed by atoms with E-state index in [9.17, 15) is 4.79 Å². The molecule has 18 heavy (non-hydrogen) atoms. The molecule has 0 radical (unpaired) electrons. The summed E-state index contributed by atoms with van der Waals surface area (Å²) in [5, 5.41) is 0.790. The number of aromatic nitrogens is 1. The fraction of sp³-hybridized carbons (Fsp3) is 0.167. The first kappa shape index (κ1) is 12.9. The number of rotatable bonds is 1. The van der Waals surface area contributed by atoms with Crippen molar-refractivity contribution in [3.05, 3.63) is 56.1 Å². The molecule has 0 amide bonds. The van der Waals surface area contributed by atoms with Gasteiger partial charge >= 0.3 is 5.68 Å². The van der Waals surface area contributed by atoms with E-state index in [2.05, 4.69) is 4.99 Å². The third-order valence-corrected chi connectivity index (χ3v) is 2.95. The molecule has 1 aromatic carbocycles. The van der Waals surface area contributed by atoms with Crippen LogP contribution in [0.2, 0.25) is 10.0 Å². The first-order valence-electron chi connectivity index (χ1n) is 5.15. The maximum absolute atomic E-state index is 11.6. The first-order chi connectivity index (χ1) is 8.49. The molecular formula is C12H10Cl2N2O2. The molecule has 0 fully saturated rings. The summed E-state index contributed by atoms with van der Waals surface area (Å²) in [4.78, 5) is 15.8. The second-order valence-electron chi connectivity index (χ2n) is 3.72. The zero-order valence-corrected chi connectivity index (χ0v) is 11.3. The normalized spacial score (nSPS) is 11.9. The van der Waals surface area contributed by atoms with Crippen LogP contribution in [0.3, 0.4) is 0 Å². The molecule has 0 aliphatic heterocycles. The average molecular weight is 285 g/mol. The van der Waals surface area contributed by atoms with E-state index in [-0.39, 0.29) is 11.2 Å². The highest BCUT2D eigenvalue weighted by Gasteiger charge is 2.05. The molecule has 1 aromatic heterocycles. The number of para-hydroxylation sites is 1. The Labute approximate surface area is 113 Å². The van der Waals surface area contributed by atoms with Gasteiger partial charge < -0.3 is 4.42 Å². The van der Waals surface area contributed by atoms with Gasteiger partial charge in [0.2, 0.25) is 0 Å². The van der Waals surface area contributed by atoms with Crippen molar-refractivity contribution in [2.24, 2.45) is 12.0 Å². The summed E-state index contributed by atoms with van der Waals surface area (Å²) >= 11 is 12.0. The minimum atomic E-state index is -0.208. The van der Waals surface area contributed by atoms with Crippen LogP contribution >= 0.6 is 23.2 Å². The lowest BCUT2D eigenvalue weighted by molar-refractivity contribution is 0.404. The Morgan fingerprint density at radius 1 is 1.28 bits per heavy atom. The summed E-state index contributed by atoms with van der Waals surface area (Å²) in [5.41, 5.74) is 0.320. The van der Waals surface area contributed by atoms with E-state index in [1.54, 1.807) is 32.2 Å². The highest BCUT2D eigenvalue weighted by molar-refractivity contribution is 6.38. The monoisotopic (exact) mass is 284 g/mol. The molecule has 0 unspecified atom stereocenters. The molecule has 6 heteroatoms. The SMILES string of the molecule is Cc1cc(=O)n(C)c(=Nc2c(Cl)cccc2Cl)o1. The fourth-order valence-electron chi connectivity index (χ4n) is 1.40. The largest absolute Gasteiger partial charge is 0.430 e. The predicted octanol–water partition coefficient (Wildman–Crippen LogP) is 2.83. The highest BCUT2D eigenvalue weighted by atomic mass is 35.5. The lowest BCUT2D eigenvalue weighted by atomic mass is 10.3. The Morgan fingerprint density at radius 3 is 2.50 bits per heavy atom. The van der Waals surface area contributed by atoms with Crippen LogP contribution in [0.4, 0.5) is 5.69 Å². The van der Waals surface area contributed by atoms with Crippen molar-refractivity contribution in [2.75, 3.05) is 0 Å². The van der Waals surface area contributed by atoms with E-state index in [4.69, 9.17) is 27.6 Å². The number of halogens is 2.